The second-order valence-electron chi connectivity index (χ2n) is 17.1. The number of carbonyl (C=O) groups is 2. The van der Waals surface area contributed by atoms with Crippen molar-refractivity contribution in [3.8, 4) is 0 Å². The number of phosphoric acid groups is 1. The lowest BCUT2D eigenvalue weighted by Crippen LogP contribution is -2.37. The van der Waals surface area contributed by atoms with Crippen molar-refractivity contribution in [3.05, 3.63) is 12.2 Å². The number of phosphoric ester groups is 1. The minimum absolute atomic E-state index is 0.0340. The third kappa shape index (κ3) is 42.4. The summed E-state index contributed by atoms with van der Waals surface area (Å²) in [5.74, 6) is -0.792. The van der Waals surface area contributed by atoms with Crippen molar-refractivity contribution in [2.45, 2.75) is 225 Å². The van der Waals surface area contributed by atoms with Crippen LogP contribution < -0.4 is 0 Å². The van der Waals surface area contributed by atoms with Crippen molar-refractivity contribution < 1.29 is 42.1 Å². The molecular weight excluding hydrogens is 725 g/mol. The van der Waals surface area contributed by atoms with E-state index in [1.807, 2.05) is 21.1 Å². The smallest absolute Gasteiger partial charge is 0.462 e. The molecule has 1 N–H and O–H groups in total. The Morgan fingerprint density at radius 3 is 1.34 bits per heavy atom. The Morgan fingerprint density at radius 2 is 0.911 bits per heavy atom. The van der Waals surface area contributed by atoms with Gasteiger partial charge in [-0.2, -0.15) is 0 Å². The minimum atomic E-state index is -4.37. The summed E-state index contributed by atoms with van der Waals surface area (Å²) in [6, 6.07) is 0. The van der Waals surface area contributed by atoms with Gasteiger partial charge in [-0.1, -0.05) is 180 Å². The maximum Gasteiger partial charge on any atom is 0.472 e. The van der Waals surface area contributed by atoms with Crippen molar-refractivity contribution in [2.24, 2.45) is 0 Å². The Labute approximate surface area is 346 Å². The number of hydrogen-bond donors (Lipinski definition) is 1. The van der Waals surface area contributed by atoms with Crippen molar-refractivity contribution in [2.75, 3.05) is 47.5 Å². The summed E-state index contributed by atoms with van der Waals surface area (Å²) in [7, 11) is 1.48. The maximum absolute atomic E-state index is 12.7. The van der Waals surface area contributed by atoms with Gasteiger partial charge in [-0.25, -0.2) is 4.57 Å². The average molecular weight is 817 g/mol. The first kappa shape index (κ1) is 54.8. The van der Waals surface area contributed by atoms with E-state index in [0.29, 0.717) is 23.9 Å². The van der Waals surface area contributed by atoms with Gasteiger partial charge in [0, 0.05) is 12.8 Å². The number of allylic oxidation sites excluding steroid dienone is 2. The molecule has 0 bridgehead atoms. The van der Waals surface area contributed by atoms with Crippen LogP contribution in [0.25, 0.3) is 0 Å². The molecule has 2 atom stereocenters. The number of ether oxygens (including phenoxy) is 2. The molecule has 0 fully saturated rings. The zero-order valence-electron chi connectivity index (χ0n) is 37.4. The number of likely N-dealkylation sites (N-methyl/N-ethyl adjacent to an activating group) is 1. The largest absolute Gasteiger partial charge is 0.472 e. The van der Waals surface area contributed by atoms with Crippen LogP contribution in [0.15, 0.2) is 12.2 Å². The summed E-state index contributed by atoms with van der Waals surface area (Å²) < 4.78 is 34.4. The minimum Gasteiger partial charge on any atom is -0.462 e. The van der Waals surface area contributed by atoms with Crippen LogP contribution in [0.2, 0.25) is 0 Å². The fraction of sp³-hybridized carbons (Fsp3) is 0.913. The molecule has 0 rings (SSSR count). The third-order valence-corrected chi connectivity index (χ3v) is 11.3. The highest BCUT2D eigenvalue weighted by atomic mass is 31.2. The Kier molecular flexibility index (Phi) is 38.3. The lowest BCUT2D eigenvalue weighted by atomic mass is 10.0. The molecule has 0 spiro atoms. The molecule has 0 heterocycles. The Bertz CT molecular complexity index is 969. The van der Waals surface area contributed by atoms with Crippen LogP contribution in [0.5, 0.6) is 0 Å². The monoisotopic (exact) mass is 817 g/mol. The van der Waals surface area contributed by atoms with Crippen molar-refractivity contribution in [3.63, 3.8) is 0 Å². The quantitative estimate of drug-likeness (QED) is 0.0213. The van der Waals surface area contributed by atoms with E-state index in [9.17, 15) is 19.0 Å². The summed E-state index contributed by atoms with van der Waals surface area (Å²) in [5, 5.41) is 0. The molecule has 9 nitrogen and oxygen atoms in total. The summed E-state index contributed by atoms with van der Waals surface area (Å²) in [4.78, 5) is 35.4. The van der Waals surface area contributed by atoms with Crippen LogP contribution in [0, 0.1) is 0 Å². The Morgan fingerprint density at radius 1 is 0.536 bits per heavy atom. The molecule has 0 amide bonds. The van der Waals surface area contributed by atoms with Gasteiger partial charge in [0.1, 0.15) is 19.8 Å². The molecule has 1 unspecified atom stereocenters. The van der Waals surface area contributed by atoms with Gasteiger partial charge >= 0.3 is 19.8 Å². The number of carbonyl (C=O) groups excluding carboxylic acids is 2. The molecule has 0 saturated heterocycles. The van der Waals surface area contributed by atoms with Gasteiger partial charge in [0.15, 0.2) is 6.10 Å². The SMILES string of the molecule is CCCCCC/C=C/CCCCCCCCCC(=O)O[C@H](COC(=O)CCCCCCCCCCCCCCCCCCC)COP(=O)(O)OCC[N+](C)(C)C. The van der Waals surface area contributed by atoms with E-state index in [0.717, 1.165) is 44.9 Å². The van der Waals surface area contributed by atoms with E-state index in [4.69, 9.17) is 18.5 Å². The van der Waals surface area contributed by atoms with Crippen molar-refractivity contribution in [1.29, 1.82) is 0 Å². The summed E-state index contributed by atoms with van der Waals surface area (Å²) in [5.41, 5.74) is 0. The van der Waals surface area contributed by atoms with Crippen LogP contribution in [-0.2, 0) is 32.7 Å². The summed E-state index contributed by atoms with van der Waals surface area (Å²) >= 11 is 0. The van der Waals surface area contributed by atoms with Gasteiger partial charge < -0.3 is 18.9 Å². The van der Waals surface area contributed by atoms with E-state index in [-0.39, 0.29) is 25.6 Å². The summed E-state index contributed by atoms with van der Waals surface area (Å²) in [6.45, 7) is 4.44. The topological polar surface area (TPSA) is 108 Å². The normalized spacial score (nSPS) is 13.6. The van der Waals surface area contributed by atoms with Gasteiger partial charge in [-0.05, 0) is 38.5 Å². The fourth-order valence-corrected chi connectivity index (χ4v) is 7.34. The lowest BCUT2D eigenvalue weighted by Gasteiger charge is -2.24. The van der Waals surface area contributed by atoms with Gasteiger partial charge in [0.05, 0.1) is 27.7 Å². The van der Waals surface area contributed by atoms with E-state index < -0.39 is 26.5 Å². The van der Waals surface area contributed by atoms with Gasteiger partial charge in [0.25, 0.3) is 0 Å². The number of hydrogen-bond acceptors (Lipinski definition) is 7. The molecule has 0 aliphatic rings. The molecule has 0 aliphatic heterocycles. The first-order valence-corrected chi connectivity index (χ1v) is 24.9. The highest BCUT2D eigenvalue weighted by Crippen LogP contribution is 2.43. The second kappa shape index (κ2) is 39.2. The summed E-state index contributed by atoms with van der Waals surface area (Å²) in [6.07, 6.45) is 41.1. The second-order valence-corrected chi connectivity index (χ2v) is 18.6. The van der Waals surface area contributed by atoms with Crippen LogP contribution in [0.4, 0.5) is 0 Å². The van der Waals surface area contributed by atoms with Crippen LogP contribution in [-0.4, -0.2) is 74.9 Å². The molecule has 0 aromatic carbocycles. The first-order chi connectivity index (χ1) is 27.0. The zero-order valence-corrected chi connectivity index (χ0v) is 38.3. The fourth-order valence-electron chi connectivity index (χ4n) is 6.60. The predicted octanol–water partition coefficient (Wildman–Crippen LogP) is 13.4. The number of esters is 2. The van der Waals surface area contributed by atoms with E-state index >= 15 is 0 Å². The number of unbranched alkanes of at least 4 members (excludes halogenated alkanes) is 27. The Balaban J connectivity index is 4.29. The molecule has 0 radical (unpaired) electrons. The van der Waals surface area contributed by atoms with E-state index in [1.165, 1.54) is 141 Å². The molecular formula is C46H91NO8P+. The standard InChI is InChI=1S/C46H90NO8P/c1-6-8-10-12-14-16-18-20-22-23-25-26-28-30-32-34-36-38-45(48)52-42-44(43-54-56(50,51)53-41-40-47(3,4)5)55-46(49)39-37-35-33-31-29-27-24-21-19-17-15-13-11-9-7-2/h17,19,44H,6-16,18,20-43H2,1-5H3/p+1/b19-17+/t44-/m1/s1. The number of nitrogens with zero attached hydrogens (tertiary/aromatic N) is 1. The molecule has 332 valence electrons. The third-order valence-electron chi connectivity index (χ3n) is 10.3. The first-order valence-electron chi connectivity index (χ1n) is 23.4. The maximum atomic E-state index is 12.7. The number of quaternary nitrogens is 1. The van der Waals surface area contributed by atoms with Gasteiger partial charge in [-0.15, -0.1) is 0 Å². The van der Waals surface area contributed by atoms with E-state index in [1.54, 1.807) is 0 Å². The van der Waals surface area contributed by atoms with Crippen LogP contribution in [0.3, 0.4) is 0 Å². The molecule has 0 aromatic rings. The van der Waals surface area contributed by atoms with Crippen molar-refractivity contribution >= 4 is 19.8 Å². The van der Waals surface area contributed by atoms with Crippen LogP contribution >= 0.6 is 7.82 Å². The average Bonchev–Trinajstić information content (AvgIpc) is 3.15. The highest BCUT2D eigenvalue weighted by molar-refractivity contribution is 7.47. The molecule has 10 heteroatoms. The Hall–Kier alpha value is -1.25. The van der Waals surface area contributed by atoms with Gasteiger partial charge in [0.2, 0.25) is 0 Å². The van der Waals surface area contributed by atoms with Crippen molar-refractivity contribution in [1.82, 2.24) is 0 Å². The lowest BCUT2D eigenvalue weighted by molar-refractivity contribution is -0.870. The molecule has 56 heavy (non-hydrogen) atoms. The molecule has 0 aromatic heterocycles. The predicted molar refractivity (Wildman–Crippen MR) is 234 cm³/mol. The molecule has 0 aliphatic carbocycles. The van der Waals surface area contributed by atoms with E-state index in [2.05, 4.69) is 26.0 Å². The number of rotatable bonds is 43. The molecule has 0 saturated carbocycles. The zero-order chi connectivity index (χ0) is 41.4. The highest BCUT2D eigenvalue weighted by Gasteiger charge is 2.27. The van der Waals surface area contributed by atoms with Gasteiger partial charge in [-0.3, -0.25) is 18.6 Å². The van der Waals surface area contributed by atoms with Crippen LogP contribution in [0.1, 0.15) is 219 Å².